The molecule has 2 heterocycles. The first-order valence-corrected chi connectivity index (χ1v) is 8.33. The predicted molar refractivity (Wildman–Crippen MR) is 99.6 cm³/mol. The minimum absolute atomic E-state index is 0.289. The average Bonchev–Trinajstić information content (AvgIpc) is 2.98. The quantitative estimate of drug-likeness (QED) is 0.723. The van der Waals surface area contributed by atoms with E-state index in [0.717, 1.165) is 17.0 Å². The maximum absolute atomic E-state index is 14.5. The lowest BCUT2D eigenvalue weighted by molar-refractivity contribution is 0.251. The van der Waals surface area contributed by atoms with Crippen molar-refractivity contribution in [2.45, 2.75) is 20.4 Å². The number of pyridine rings is 1. The standard InChI is InChI=1S/C19H20FN5O2/c1-12-8-13(2)25(24-12)17-5-4-15(10-16(17)20)23-19(26)22-11-14-6-7-21-18(9-14)27-3/h4-10H,11H2,1-3H3,(H2,22,23,26). The van der Waals surface area contributed by atoms with Crippen molar-refractivity contribution < 1.29 is 13.9 Å². The van der Waals surface area contributed by atoms with Crippen LogP contribution in [0.15, 0.2) is 42.6 Å². The SMILES string of the molecule is COc1cc(CNC(=O)Nc2ccc(-n3nc(C)cc3C)c(F)c2)ccn1. The maximum Gasteiger partial charge on any atom is 0.319 e. The topological polar surface area (TPSA) is 81.1 Å². The molecule has 0 aliphatic heterocycles. The lowest BCUT2D eigenvalue weighted by atomic mass is 10.2. The molecule has 0 saturated carbocycles. The highest BCUT2D eigenvalue weighted by Crippen LogP contribution is 2.20. The van der Waals surface area contributed by atoms with Crippen LogP contribution in [-0.2, 0) is 6.54 Å². The first-order valence-electron chi connectivity index (χ1n) is 8.33. The molecular weight excluding hydrogens is 349 g/mol. The largest absolute Gasteiger partial charge is 0.481 e. The number of rotatable bonds is 5. The molecule has 2 amide bonds. The summed E-state index contributed by atoms with van der Waals surface area (Å²) in [6.07, 6.45) is 1.60. The minimum Gasteiger partial charge on any atom is -0.481 e. The number of nitrogens with one attached hydrogen (secondary N) is 2. The third kappa shape index (κ3) is 4.41. The number of halogens is 1. The number of nitrogens with zero attached hydrogens (tertiary/aromatic N) is 3. The number of urea groups is 1. The zero-order valence-electron chi connectivity index (χ0n) is 15.3. The van der Waals surface area contributed by atoms with Crippen LogP contribution in [0.1, 0.15) is 17.0 Å². The summed E-state index contributed by atoms with van der Waals surface area (Å²) in [4.78, 5) is 16.1. The zero-order valence-corrected chi connectivity index (χ0v) is 15.3. The molecule has 0 radical (unpaired) electrons. The molecule has 8 heteroatoms. The van der Waals surface area contributed by atoms with E-state index >= 15 is 0 Å². The van der Waals surface area contributed by atoms with E-state index < -0.39 is 11.8 Å². The molecule has 3 aromatic rings. The predicted octanol–water partition coefficient (Wildman–Crippen LogP) is 3.35. The van der Waals surface area contributed by atoms with Crippen molar-refractivity contribution in [2.24, 2.45) is 0 Å². The van der Waals surface area contributed by atoms with E-state index in [4.69, 9.17) is 4.74 Å². The van der Waals surface area contributed by atoms with Gasteiger partial charge in [-0.15, -0.1) is 0 Å². The van der Waals surface area contributed by atoms with Crippen LogP contribution < -0.4 is 15.4 Å². The Kier molecular flexibility index (Phi) is 5.35. The summed E-state index contributed by atoms with van der Waals surface area (Å²) < 4.78 is 21.0. The molecular formula is C19H20FN5O2. The first-order chi connectivity index (χ1) is 13.0. The molecule has 0 fully saturated rings. The number of ether oxygens (including phenoxy) is 1. The molecule has 0 bridgehead atoms. The van der Waals surface area contributed by atoms with E-state index in [2.05, 4.69) is 20.7 Å². The number of anilines is 1. The van der Waals surface area contributed by atoms with E-state index in [9.17, 15) is 9.18 Å². The van der Waals surface area contributed by atoms with E-state index in [1.54, 1.807) is 30.5 Å². The monoisotopic (exact) mass is 369 g/mol. The van der Waals surface area contributed by atoms with Gasteiger partial charge in [0.05, 0.1) is 12.8 Å². The van der Waals surface area contributed by atoms with Gasteiger partial charge in [0.2, 0.25) is 5.88 Å². The van der Waals surface area contributed by atoms with Crippen LogP contribution in [0.5, 0.6) is 5.88 Å². The van der Waals surface area contributed by atoms with Gasteiger partial charge in [-0.05, 0) is 49.7 Å². The van der Waals surface area contributed by atoms with Gasteiger partial charge in [0.15, 0.2) is 5.82 Å². The van der Waals surface area contributed by atoms with Crippen LogP contribution in [0.4, 0.5) is 14.9 Å². The molecule has 0 aliphatic rings. The number of amides is 2. The minimum atomic E-state index is -0.474. The van der Waals surface area contributed by atoms with Crippen molar-refractivity contribution in [3.8, 4) is 11.6 Å². The second kappa shape index (κ2) is 7.86. The highest BCUT2D eigenvalue weighted by molar-refractivity contribution is 5.89. The van der Waals surface area contributed by atoms with Gasteiger partial charge < -0.3 is 15.4 Å². The summed E-state index contributed by atoms with van der Waals surface area (Å²) in [5, 5.41) is 9.59. The Labute approximate surface area is 156 Å². The summed E-state index contributed by atoms with van der Waals surface area (Å²) >= 11 is 0. The van der Waals surface area contributed by atoms with E-state index in [0.29, 0.717) is 17.3 Å². The third-order valence-corrected chi connectivity index (χ3v) is 3.90. The molecule has 2 N–H and O–H groups in total. The molecule has 0 atom stereocenters. The lowest BCUT2D eigenvalue weighted by Crippen LogP contribution is -2.28. The van der Waals surface area contributed by atoms with Crippen molar-refractivity contribution >= 4 is 11.7 Å². The van der Waals surface area contributed by atoms with Crippen molar-refractivity contribution in [2.75, 3.05) is 12.4 Å². The van der Waals surface area contributed by atoms with Gasteiger partial charge in [-0.1, -0.05) is 0 Å². The van der Waals surface area contributed by atoms with E-state index in [1.165, 1.54) is 17.9 Å². The summed E-state index contributed by atoms with van der Waals surface area (Å²) in [6.45, 7) is 3.99. The Morgan fingerprint density at radius 3 is 2.70 bits per heavy atom. The number of benzene rings is 1. The Balaban J connectivity index is 1.64. The van der Waals surface area contributed by atoms with Crippen LogP contribution in [0, 0.1) is 19.7 Å². The number of carbonyl (C=O) groups excluding carboxylic acids is 1. The summed E-state index contributed by atoms with van der Waals surface area (Å²) in [5.74, 6) is -0.00519. The van der Waals surface area contributed by atoms with Crippen molar-refractivity contribution in [3.63, 3.8) is 0 Å². The number of hydrogen-bond donors (Lipinski definition) is 2. The Morgan fingerprint density at radius 1 is 1.22 bits per heavy atom. The number of hydrogen-bond acceptors (Lipinski definition) is 4. The molecule has 1 aromatic carbocycles. The van der Waals surface area contributed by atoms with Crippen molar-refractivity contribution in [1.82, 2.24) is 20.1 Å². The molecule has 7 nitrogen and oxygen atoms in total. The van der Waals surface area contributed by atoms with Gasteiger partial charge >= 0.3 is 6.03 Å². The van der Waals surface area contributed by atoms with Crippen LogP contribution in [-0.4, -0.2) is 27.9 Å². The number of aryl methyl sites for hydroxylation is 2. The average molecular weight is 369 g/mol. The fourth-order valence-corrected chi connectivity index (χ4v) is 2.66. The maximum atomic E-state index is 14.5. The number of carbonyl (C=O) groups is 1. The third-order valence-electron chi connectivity index (χ3n) is 3.90. The van der Waals surface area contributed by atoms with Gasteiger partial charge in [-0.2, -0.15) is 5.10 Å². The molecule has 0 unspecified atom stereocenters. The van der Waals surface area contributed by atoms with Gasteiger partial charge in [0.25, 0.3) is 0 Å². The van der Waals surface area contributed by atoms with Gasteiger partial charge in [-0.25, -0.2) is 18.9 Å². The van der Waals surface area contributed by atoms with Crippen LogP contribution in [0.2, 0.25) is 0 Å². The first kappa shape index (κ1) is 18.4. The summed E-state index contributed by atoms with van der Waals surface area (Å²) in [7, 11) is 1.52. The smallest absolute Gasteiger partial charge is 0.319 e. The zero-order chi connectivity index (χ0) is 19.4. The summed E-state index contributed by atoms with van der Waals surface area (Å²) in [5.41, 5.74) is 3.15. The van der Waals surface area contributed by atoms with Crippen molar-refractivity contribution in [1.29, 1.82) is 0 Å². The Bertz CT molecular complexity index is 970. The second-order valence-corrected chi connectivity index (χ2v) is 6.02. The molecule has 0 saturated heterocycles. The van der Waals surface area contributed by atoms with E-state index in [1.807, 2.05) is 19.9 Å². The van der Waals surface area contributed by atoms with E-state index in [-0.39, 0.29) is 6.54 Å². The number of aromatic nitrogens is 3. The normalized spacial score (nSPS) is 10.5. The fraction of sp³-hybridized carbons (Fsp3) is 0.211. The second-order valence-electron chi connectivity index (χ2n) is 6.02. The molecule has 2 aromatic heterocycles. The van der Waals surface area contributed by atoms with Gasteiger partial charge in [-0.3, -0.25) is 0 Å². The Morgan fingerprint density at radius 2 is 2.04 bits per heavy atom. The highest BCUT2D eigenvalue weighted by atomic mass is 19.1. The Hall–Kier alpha value is -3.42. The van der Waals surface area contributed by atoms with Crippen LogP contribution >= 0.6 is 0 Å². The van der Waals surface area contributed by atoms with Gasteiger partial charge in [0.1, 0.15) is 5.69 Å². The highest BCUT2D eigenvalue weighted by Gasteiger charge is 2.11. The fourth-order valence-electron chi connectivity index (χ4n) is 2.66. The molecule has 27 heavy (non-hydrogen) atoms. The molecule has 3 rings (SSSR count). The lowest BCUT2D eigenvalue weighted by Gasteiger charge is -2.10. The van der Waals surface area contributed by atoms with Crippen LogP contribution in [0.3, 0.4) is 0 Å². The summed E-state index contributed by atoms with van der Waals surface area (Å²) in [6, 6.07) is 9.40. The molecule has 140 valence electrons. The van der Waals surface area contributed by atoms with Gasteiger partial charge in [0, 0.05) is 30.2 Å². The molecule has 0 aliphatic carbocycles. The molecule has 0 spiro atoms. The van der Waals surface area contributed by atoms with Crippen molar-refractivity contribution in [3.05, 3.63) is 65.4 Å². The van der Waals surface area contributed by atoms with Crippen LogP contribution in [0.25, 0.3) is 5.69 Å². The number of methoxy groups -OCH3 is 1.